The Morgan fingerprint density at radius 1 is 1.05 bits per heavy atom. The number of rotatable bonds is 15. The lowest BCUT2D eigenvalue weighted by Crippen LogP contribution is -2.40. The van der Waals surface area contributed by atoms with Crippen molar-refractivity contribution >= 4 is 26.7 Å². The summed E-state index contributed by atoms with van der Waals surface area (Å²) in [7, 11) is 3.47. The molecule has 1 aromatic heterocycles. The number of aromatic nitrogens is 1. The topological polar surface area (TPSA) is 72.6 Å². The second-order valence-electron chi connectivity index (χ2n) is 10.1. The number of methoxy groups -OCH3 is 2. The Morgan fingerprint density at radius 2 is 1.92 bits per heavy atom. The molecule has 1 heterocycles. The van der Waals surface area contributed by atoms with Crippen molar-refractivity contribution < 1.29 is 9.47 Å². The fourth-order valence-electron chi connectivity index (χ4n) is 5.66. The molecule has 3 aromatic rings. The Morgan fingerprint density at radius 3 is 2.73 bits per heavy atom. The van der Waals surface area contributed by atoms with Gasteiger partial charge in [-0.1, -0.05) is 43.2 Å². The smallest absolute Gasteiger partial charge is 0.181 e. The van der Waals surface area contributed by atoms with Crippen LogP contribution in [0.15, 0.2) is 30.3 Å². The summed E-state index contributed by atoms with van der Waals surface area (Å²) in [6.07, 6.45) is 10.8. The standard InChI is InChI=1S/C30H44N4O2S/c1-4-18-34(24-11-12-25-23(21-24)10-14-27(35-2)29(25)36-3)19-8-6-5-7-16-32-17-15-22-9-13-26-28(20-22)37-30(31)33-26/h9-10,13-14,20,24,32H,4-8,11-12,15-19,21H2,1-3H3,(H2,31,33). The number of benzene rings is 2. The van der Waals surface area contributed by atoms with Gasteiger partial charge in [0, 0.05) is 11.6 Å². The third-order valence-electron chi connectivity index (χ3n) is 7.56. The number of nitrogens with zero attached hydrogens (tertiary/aromatic N) is 2. The third-order valence-corrected chi connectivity index (χ3v) is 8.41. The van der Waals surface area contributed by atoms with E-state index in [4.69, 9.17) is 15.2 Å². The van der Waals surface area contributed by atoms with Crippen molar-refractivity contribution in [2.24, 2.45) is 0 Å². The van der Waals surface area contributed by atoms with Crippen LogP contribution in [-0.2, 0) is 19.3 Å². The first-order valence-electron chi connectivity index (χ1n) is 13.9. The van der Waals surface area contributed by atoms with Crippen LogP contribution in [-0.4, -0.2) is 56.3 Å². The maximum Gasteiger partial charge on any atom is 0.181 e. The first-order valence-corrected chi connectivity index (χ1v) is 14.8. The molecule has 0 aliphatic heterocycles. The zero-order valence-corrected chi connectivity index (χ0v) is 23.7. The van der Waals surface area contributed by atoms with Crippen molar-refractivity contribution in [3.63, 3.8) is 0 Å². The Kier molecular flexibility index (Phi) is 10.5. The van der Waals surface area contributed by atoms with Gasteiger partial charge >= 0.3 is 0 Å². The molecule has 4 rings (SSSR count). The Balaban J connectivity index is 1.13. The molecule has 6 nitrogen and oxygen atoms in total. The van der Waals surface area contributed by atoms with Crippen LogP contribution in [0, 0.1) is 0 Å². The van der Waals surface area contributed by atoms with Crippen molar-refractivity contribution in [1.29, 1.82) is 0 Å². The molecular formula is C30H44N4O2S. The van der Waals surface area contributed by atoms with E-state index in [2.05, 4.69) is 52.5 Å². The van der Waals surface area contributed by atoms with Crippen molar-refractivity contribution in [1.82, 2.24) is 15.2 Å². The highest BCUT2D eigenvalue weighted by Gasteiger charge is 2.27. The summed E-state index contributed by atoms with van der Waals surface area (Å²) in [4.78, 5) is 7.08. The third kappa shape index (κ3) is 7.37. The van der Waals surface area contributed by atoms with Crippen LogP contribution in [0.5, 0.6) is 11.5 Å². The van der Waals surface area contributed by atoms with Gasteiger partial charge in [0.2, 0.25) is 0 Å². The van der Waals surface area contributed by atoms with E-state index in [9.17, 15) is 0 Å². The minimum atomic E-state index is 0.632. The predicted octanol–water partition coefficient (Wildman–Crippen LogP) is 5.86. The molecule has 1 atom stereocenters. The fourth-order valence-corrected chi connectivity index (χ4v) is 6.46. The van der Waals surface area contributed by atoms with Gasteiger partial charge in [-0.25, -0.2) is 4.98 Å². The molecule has 0 saturated carbocycles. The van der Waals surface area contributed by atoms with Crippen molar-refractivity contribution in [2.45, 2.75) is 70.8 Å². The van der Waals surface area contributed by atoms with E-state index in [1.807, 2.05) is 0 Å². The van der Waals surface area contributed by atoms with E-state index in [1.165, 1.54) is 73.0 Å². The minimum absolute atomic E-state index is 0.632. The average molecular weight is 525 g/mol. The normalized spacial score (nSPS) is 15.3. The van der Waals surface area contributed by atoms with Gasteiger partial charge in [-0.3, -0.25) is 0 Å². The first-order chi connectivity index (χ1) is 18.1. The number of thiazole rings is 1. The molecule has 202 valence electrons. The molecule has 0 radical (unpaired) electrons. The summed E-state index contributed by atoms with van der Waals surface area (Å²) in [5.41, 5.74) is 10.9. The van der Waals surface area contributed by atoms with Crippen LogP contribution < -0.4 is 20.5 Å². The molecule has 7 heteroatoms. The Bertz CT molecular complexity index is 1130. The van der Waals surface area contributed by atoms with Gasteiger partial charge in [-0.05, 0) is 100 Å². The molecule has 0 amide bonds. The number of unbranched alkanes of at least 4 members (excludes halogenated alkanes) is 3. The van der Waals surface area contributed by atoms with Crippen LogP contribution in [0.25, 0.3) is 10.2 Å². The number of nitrogens with two attached hydrogens (primary N) is 1. The van der Waals surface area contributed by atoms with Crippen LogP contribution in [0.1, 0.15) is 62.1 Å². The zero-order valence-electron chi connectivity index (χ0n) is 22.9. The Labute approximate surface area is 226 Å². The van der Waals surface area contributed by atoms with Gasteiger partial charge in [0.05, 0.1) is 24.4 Å². The van der Waals surface area contributed by atoms with Gasteiger partial charge in [0.25, 0.3) is 0 Å². The summed E-state index contributed by atoms with van der Waals surface area (Å²) in [5, 5.41) is 4.27. The highest BCUT2D eigenvalue weighted by Crippen LogP contribution is 2.38. The maximum atomic E-state index is 5.82. The molecule has 1 aliphatic carbocycles. The van der Waals surface area contributed by atoms with Crippen molar-refractivity contribution in [3.05, 3.63) is 47.0 Å². The second-order valence-corrected chi connectivity index (χ2v) is 11.2. The summed E-state index contributed by atoms with van der Waals surface area (Å²) in [6.45, 7) is 6.81. The number of anilines is 1. The predicted molar refractivity (Wildman–Crippen MR) is 156 cm³/mol. The van der Waals surface area contributed by atoms with Crippen LogP contribution in [0.2, 0.25) is 0 Å². The molecule has 0 saturated heterocycles. The Hall–Kier alpha value is -2.35. The van der Waals surface area contributed by atoms with Crippen molar-refractivity contribution in [3.8, 4) is 11.5 Å². The molecule has 0 spiro atoms. The summed E-state index contributed by atoms with van der Waals surface area (Å²) in [6, 6.07) is 11.4. The van der Waals surface area contributed by atoms with Crippen LogP contribution >= 0.6 is 11.3 Å². The van der Waals surface area contributed by atoms with E-state index in [0.29, 0.717) is 11.2 Å². The summed E-state index contributed by atoms with van der Waals surface area (Å²) < 4.78 is 12.4. The number of hydrogen-bond donors (Lipinski definition) is 2. The SMILES string of the molecule is CCCN(CCCCCCNCCc1ccc2nc(N)sc2c1)C1CCc2c(ccc(OC)c2OC)C1. The number of ether oxygens (including phenoxy) is 2. The van der Waals surface area contributed by atoms with Gasteiger partial charge in [-0.2, -0.15) is 0 Å². The largest absolute Gasteiger partial charge is 0.493 e. The van der Waals surface area contributed by atoms with E-state index in [-0.39, 0.29) is 0 Å². The van der Waals surface area contributed by atoms with Crippen LogP contribution in [0.3, 0.4) is 0 Å². The number of hydrogen-bond acceptors (Lipinski definition) is 7. The van der Waals surface area contributed by atoms with E-state index >= 15 is 0 Å². The van der Waals surface area contributed by atoms with Crippen LogP contribution in [0.4, 0.5) is 5.13 Å². The average Bonchev–Trinajstić information content (AvgIpc) is 3.29. The van der Waals surface area contributed by atoms with Gasteiger partial charge in [0.15, 0.2) is 16.6 Å². The van der Waals surface area contributed by atoms with E-state index in [1.54, 1.807) is 25.6 Å². The minimum Gasteiger partial charge on any atom is -0.493 e. The van der Waals surface area contributed by atoms with Gasteiger partial charge in [0.1, 0.15) is 0 Å². The molecule has 0 bridgehead atoms. The number of nitrogens with one attached hydrogen (secondary N) is 1. The van der Waals surface area contributed by atoms with Crippen molar-refractivity contribution in [2.75, 3.05) is 46.1 Å². The number of nitrogen functional groups attached to an aromatic ring is 1. The molecule has 37 heavy (non-hydrogen) atoms. The van der Waals surface area contributed by atoms with Gasteiger partial charge < -0.3 is 25.4 Å². The summed E-state index contributed by atoms with van der Waals surface area (Å²) >= 11 is 1.57. The van der Waals surface area contributed by atoms with E-state index < -0.39 is 0 Å². The number of fused-ring (bicyclic) bond motifs is 2. The summed E-state index contributed by atoms with van der Waals surface area (Å²) in [5.74, 6) is 1.78. The monoisotopic (exact) mass is 524 g/mol. The van der Waals surface area contributed by atoms with Gasteiger partial charge in [-0.15, -0.1) is 0 Å². The first kappa shape index (κ1) is 27.7. The fraction of sp³-hybridized carbons (Fsp3) is 0.567. The molecular weight excluding hydrogens is 480 g/mol. The zero-order chi connectivity index (χ0) is 26.0. The lowest BCUT2D eigenvalue weighted by Gasteiger charge is -2.36. The lowest BCUT2D eigenvalue weighted by molar-refractivity contribution is 0.175. The second kappa shape index (κ2) is 14.0. The quantitative estimate of drug-likeness (QED) is 0.243. The molecule has 0 fully saturated rings. The molecule has 1 unspecified atom stereocenters. The lowest BCUT2D eigenvalue weighted by atomic mass is 9.86. The highest BCUT2D eigenvalue weighted by atomic mass is 32.1. The molecule has 2 aromatic carbocycles. The molecule has 1 aliphatic rings. The molecule has 3 N–H and O–H groups in total. The van der Waals surface area contributed by atoms with E-state index in [0.717, 1.165) is 49.4 Å². The maximum absolute atomic E-state index is 5.82. The highest BCUT2D eigenvalue weighted by molar-refractivity contribution is 7.22.